The molecule has 0 aromatic heterocycles. The lowest BCUT2D eigenvalue weighted by atomic mass is 9.97. The Morgan fingerprint density at radius 3 is 2.28 bits per heavy atom. The molecular weight excluding hydrogens is 396 g/mol. The van der Waals surface area contributed by atoms with Gasteiger partial charge in [-0.25, -0.2) is 4.79 Å². The van der Waals surface area contributed by atoms with Crippen molar-refractivity contribution in [1.29, 1.82) is 0 Å². The molecule has 0 N–H and O–H groups in total. The lowest BCUT2D eigenvalue weighted by Gasteiger charge is -2.32. The average Bonchev–Trinajstić information content (AvgIpc) is 2.66. The summed E-state index contributed by atoms with van der Waals surface area (Å²) in [6.07, 6.45) is 0.614. The van der Waals surface area contributed by atoms with Crippen LogP contribution in [0.25, 0.3) is 0 Å². The van der Waals surface area contributed by atoms with E-state index in [0.717, 1.165) is 5.56 Å². The van der Waals surface area contributed by atoms with Gasteiger partial charge in [0.05, 0.1) is 5.92 Å². The van der Waals surface area contributed by atoms with E-state index < -0.39 is 11.6 Å². The number of esters is 1. The van der Waals surface area contributed by atoms with Gasteiger partial charge in [-0.2, -0.15) is 0 Å². The number of likely N-dealkylation sites (tertiary alicyclic amines) is 1. The van der Waals surface area contributed by atoms with Crippen molar-refractivity contribution in [2.75, 3.05) is 26.7 Å². The number of carbonyl (C=O) groups is 3. The average molecular weight is 425 g/mol. The van der Waals surface area contributed by atoms with E-state index >= 15 is 0 Å². The van der Waals surface area contributed by atoms with Crippen molar-refractivity contribution in [2.24, 2.45) is 5.92 Å². The van der Waals surface area contributed by atoms with Crippen molar-refractivity contribution < 1.29 is 23.9 Å². The van der Waals surface area contributed by atoms with E-state index in [-0.39, 0.29) is 24.5 Å². The summed E-state index contributed by atoms with van der Waals surface area (Å²) >= 11 is 5.86. The molecule has 1 saturated heterocycles. The Hall–Kier alpha value is -2.28. The monoisotopic (exact) mass is 424 g/mol. The molecule has 1 fully saturated rings. The molecule has 2 amide bonds. The van der Waals surface area contributed by atoms with Crippen LogP contribution in [0.5, 0.6) is 0 Å². The maximum atomic E-state index is 12.3. The summed E-state index contributed by atoms with van der Waals surface area (Å²) in [6, 6.07) is 7.21. The Morgan fingerprint density at radius 1 is 1.14 bits per heavy atom. The highest BCUT2D eigenvalue weighted by Gasteiger charge is 2.31. The molecular formula is C21H29ClN2O5. The highest BCUT2D eigenvalue weighted by atomic mass is 35.5. The van der Waals surface area contributed by atoms with Crippen molar-refractivity contribution in [3.63, 3.8) is 0 Å². The predicted molar refractivity (Wildman–Crippen MR) is 109 cm³/mol. The number of benzene rings is 1. The minimum Gasteiger partial charge on any atom is -0.455 e. The summed E-state index contributed by atoms with van der Waals surface area (Å²) in [5.41, 5.74) is 0.386. The second-order valence-electron chi connectivity index (χ2n) is 8.23. The minimum atomic E-state index is -0.550. The van der Waals surface area contributed by atoms with Gasteiger partial charge < -0.3 is 19.3 Å². The minimum absolute atomic E-state index is 0.278. The number of halogens is 1. The van der Waals surface area contributed by atoms with Gasteiger partial charge in [0.15, 0.2) is 6.61 Å². The van der Waals surface area contributed by atoms with Crippen LogP contribution in [0.3, 0.4) is 0 Å². The quantitative estimate of drug-likeness (QED) is 0.676. The van der Waals surface area contributed by atoms with Crippen LogP contribution in [-0.4, -0.2) is 60.1 Å². The Labute approximate surface area is 176 Å². The van der Waals surface area contributed by atoms with E-state index in [9.17, 15) is 14.4 Å². The molecule has 0 unspecified atom stereocenters. The standard InChI is InChI=1S/C21H29ClN2O5/c1-21(2,3)29-20(27)24-11-9-16(10-12-24)19(26)28-14-18(25)23(4)13-15-5-7-17(22)8-6-15/h5-8,16H,9-14H2,1-4H3. The molecule has 7 nitrogen and oxygen atoms in total. The Bertz CT molecular complexity index is 722. The number of piperidine rings is 1. The Balaban J connectivity index is 1.73. The maximum absolute atomic E-state index is 12.3. The summed E-state index contributed by atoms with van der Waals surface area (Å²) < 4.78 is 10.6. The van der Waals surface area contributed by atoms with Crippen LogP contribution in [0.4, 0.5) is 4.79 Å². The molecule has 1 aromatic rings. The van der Waals surface area contributed by atoms with Gasteiger partial charge in [-0.15, -0.1) is 0 Å². The molecule has 0 spiro atoms. The first-order valence-corrected chi connectivity index (χ1v) is 10.1. The molecule has 0 radical (unpaired) electrons. The van der Waals surface area contributed by atoms with Crippen LogP contribution in [0.15, 0.2) is 24.3 Å². The van der Waals surface area contributed by atoms with Gasteiger partial charge in [0, 0.05) is 31.7 Å². The third kappa shape index (κ3) is 7.57. The zero-order valence-electron chi connectivity index (χ0n) is 17.4. The molecule has 2 rings (SSSR count). The van der Waals surface area contributed by atoms with Gasteiger partial charge >= 0.3 is 12.1 Å². The second-order valence-corrected chi connectivity index (χ2v) is 8.66. The van der Waals surface area contributed by atoms with Crippen LogP contribution in [-0.2, 0) is 25.6 Å². The van der Waals surface area contributed by atoms with Gasteiger partial charge in [-0.05, 0) is 51.3 Å². The van der Waals surface area contributed by atoms with Crippen LogP contribution >= 0.6 is 11.6 Å². The third-order valence-electron chi connectivity index (χ3n) is 4.58. The Morgan fingerprint density at radius 2 is 1.72 bits per heavy atom. The van der Waals surface area contributed by atoms with Gasteiger partial charge in [0.25, 0.3) is 5.91 Å². The van der Waals surface area contributed by atoms with Crippen LogP contribution < -0.4 is 0 Å². The lowest BCUT2D eigenvalue weighted by Crippen LogP contribution is -2.43. The number of hydrogen-bond acceptors (Lipinski definition) is 5. The van der Waals surface area contributed by atoms with E-state index in [2.05, 4.69) is 0 Å². The number of amides is 2. The number of nitrogens with zero attached hydrogens (tertiary/aromatic N) is 2. The van der Waals surface area contributed by atoms with Gasteiger partial charge in [0.1, 0.15) is 5.60 Å². The summed E-state index contributed by atoms with van der Waals surface area (Å²) in [4.78, 5) is 39.7. The molecule has 1 aliphatic rings. The zero-order chi connectivity index (χ0) is 21.6. The molecule has 8 heteroatoms. The number of hydrogen-bond donors (Lipinski definition) is 0. The van der Waals surface area contributed by atoms with Crippen LogP contribution in [0, 0.1) is 5.92 Å². The predicted octanol–water partition coefficient (Wildman–Crippen LogP) is 3.49. The molecule has 1 heterocycles. The van der Waals surface area contributed by atoms with Crippen molar-refractivity contribution in [3.05, 3.63) is 34.9 Å². The fourth-order valence-electron chi connectivity index (χ4n) is 2.94. The lowest BCUT2D eigenvalue weighted by molar-refractivity contribution is -0.156. The molecule has 29 heavy (non-hydrogen) atoms. The maximum Gasteiger partial charge on any atom is 0.410 e. The van der Waals surface area contributed by atoms with Crippen molar-refractivity contribution in [3.8, 4) is 0 Å². The largest absolute Gasteiger partial charge is 0.455 e. The zero-order valence-corrected chi connectivity index (χ0v) is 18.2. The fraction of sp³-hybridized carbons (Fsp3) is 0.571. The van der Waals surface area contributed by atoms with E-state index in [4.69, 9.17) is 21.1 Å². The molecule has 160 valence electrons. The summed E-state index contributed by atoms with van der Waals surface area (Å²) in [7, 11) is 1.66. The fourth-order valence-corrected chi connectivity index (χ4v) is 3.06. The molecule has 0 bridgehead atoms. The van der Waals surface area contributed by atoms with Gasteiger partial charge in [-0.3, -0.25) is 9.59 Å². The van der Waals surface area contributed by atoms with E-state index in [1.54, 1.807) is 24.1 Å². The Kier molecular flexibility index (Phi) is 7.90. The van der Waals surface area contributed by atoms with E-state index in [0.29, 0.717) is 37.5 Å². The first kappa shape index (κ1) is 23.0. The second kappa shape index (κ2) is 9.96. The number of ether oxygens (including phenoxy) is 2. The smallest absolute Gasteiger partial charge is 0.410 e. The van der Waals surface area contributed by atoms with Gasteiger partial charge in [-0.1, -0.05) is 23.7 Å². The number of rotatable bonds is 5. The molecule has 0 saturated carbocycles. The molecule has 1 aliphatic heterocycles. The first-order valence-electron chi connectivity index (χ1n) is 9.68. The normalized spacial score (nSPS) is 15.0. The molecule has 0 atom stereocenters. The van der Waals surface area contributed by atoms with E-state index in [1.807, 2.05) is 32.9 Å². The number of likely N-dealkylation sites (N-methyl/N-ethyl adjacent to an activating group) is 1. The third-order valence-corrected chi connectivity index (χ3v) is 4.83. The number of carbonyl (C=O) groups excluding carboxylic acids is 3. The topological polar surface area (TPSA) is 76.2 Å². The summed E-state index contributed by atoms with van der Waals surface area (Å²) in [5, 5.41) is 0.634. The van der Waals surface area contributed by atoms with Crippen LogP contribution in [0.2, 0.25) is 5.02 Å². The molecule has 0 aliphatic carbocycles. The van der Waals surface area contributed by atoms with Crippen molar-refractivity contribution in [2.45, 2.75) is 45.8 Å². The SMILES string of the molecule is CN(Cc1ccc(Cl)cc1)C(=O)COC(=O)C1CCN(C(=O)OC(C)(C)C)CC1. The summed E-state index contributed by atoms with van der Waals surface area (Å²) in [5.74, 6) is -0.996. The van der Waals surface area contributed by atoms with Crippen LogP contribution in [0.1, 0.15) is 39.2 Å². The summed E-state index contributed by atoms with van der Waals surface area (Å²) in [6.45, 7) is 6.41. The highest BCUT2D eigenvalue weighted by molar-refractivity contribution is 6.30. The highest BCUT2D eigenvalue weighted by Crippen LogP contribution is 2.21. The molecule has 1 aromatic carbocycles. The van der Waals surface area contributed by atoms with Crippen molar-refractivity contribution in [1.82, 2.24) is 9.80 Å². The van der Waals surface area contributed by atoms with Gasteiger partial charge in [0.2, 0.25) is 0 Å². The first-order chi connectivity index (χ1) is 13.5. The van der Waals surface area contributed by atoms with E-state index in [1.165, 1.54) is 4.90 Å². The van der Waals surface area contributed by atoms with Crippen molar-refractivity contribution >= 4 is 29.6 Å².